The van der Waals surface area contributed by atoms with Crippen molar-refractivity contribution in [3.63, 3.8) is 0 Å². The fourth-order valence-corrected chi connectivity index (χ4v) is 0.583. The quantitative estimate of drug-likeness (QED) is 0.452. The van der Waals surface area contributed by atoms with E-state index < -0.39 is 0 Å². The zero-order valence-corrected chi connectivity index (χ0v) is 8.95. The molecule has 1 rings (SSSR count). The van der Waals surface area contributed by atoms with Gasteiger partial charge in [-0.3, -0.25) is 0 Å². The van der Waals surface area contributed by atoms with Crippen molar-refractivity contribution < 1.29 is 39.8 Å². The van der Waals surface area contributed by atoms with Gasteiger partial charge in [0, 0.05) is 0 Å². The van der Waals surface area contributed by atoms with Crippen LogP contribution in [0.2, 0.25) is 0 Å². The molecular weight excluding hydrogens is 151 g/mol. The molecule has 1 aromatic carbocycles. The van der Waals surface area contributed by atoms with Crippen molar-refractivity contribution >= 4 is 0 Å². The molecule has 0 aliphatic heterocycles. The molecule has 0 aliphatic carbocycles. The summed E-state index contributed by atoms with van der Waals surface area (Å²) < 4.78 is 0. The molecule has 11 heavy (non-hydrogen) atoms. The fourth-order valence-electron chi connectivity index (χ4n) is 0.583. The van der Waals surface area contributed by atoms with E-state index in [4.69, 9.17) is 10.2 Å². The molecule has 0 amide bonds. The zero-order valence-electron chi connectivity index (χ0n) is 6.95. The Kier molecular flexibility index (Phi) is 12.6. The Hall–Kier alpha value is 0.140. The van der Waals surface area contributed by atoms with Crippen LogP contribution in [-0.4, -0.2) is 12.2 Å². The molecule has 1 N–H and O–H groups in total. The summed E-state index contributed by atoms with van der Waals surface area (Å²) in [4.78, 5) is 0. The van der Waals surface area contributed by atoms with Crippen LogP contribution in [0, 0.1) is 0 Å². The van der Waals surface area contributed by atoms with Crippen LogP contribution in [0.4, 0.5) is 0 Å². The second-order valence-electron chi connectivity index (χ2n) is 1.64. The minimum Gasteiger partial charge on any atom is -0.857 e. The van der Waals surface area contributed by atoms with Crippen molar-refractivity contribution in [2.75, 3.05) is 7.11 Å². The van der Waals surface area contributed by atoms with E-state index in [0.29, 0.717) is 0 Å². The van der Waals surface area contributed by atoms with Crippen molar-refractivity contribution in [1.29, 1.82) is 0 Å². The predicted octanol–water partition coefficient (Wildman–Crippen LogP) is -2.84. The molecule has 56 valence electrons. The van der Waals surface area contributed by atoms with Gasteiger partial charge in [-0.25, -0.2) is 0 Å². The summed E-state index contributed by atoms with van der Waals surface area (Å²) in [5, 5.41) is 16.8. The van der Waals surface area contributed by atoms with Gasteiger partial charge in [0.15, 0.2) is 0 Å². The van der Waals surface area contributed by atoms with Gasteiger partial charge >= 0.3 is 29.6 Å². The molecule has 0 atom stereocenters. The standard InChI is InChI=1S/C7H8O.CH3O.Na/c8-6-7-4-2-1-3-5-7;1-2;/h1-5,8H,6H2;1H3;/q;-1;+1. The maximum absolute atomic E-state index is 8.54. The Bertz CT molecular complexity index is 153. The molecule has 0 unspecified atom stereocenters. The Morgan fingerprint density at radius 1 is 1.18 bits per heavy atom. The molecule has 1 aromatic rings. The van der Waals surface area contributed by atoms with Crippen LogP contribution in [0.3, 0.4) is 0 Å². The Balaban J connectivity index is 0. The smallest absolute Gasteiger partial charge is 0.857 e. The third kappa shape index (κ3) is 6.53. The van der Waals surface area contributed by atoms with Gasteiger partial charge in [-0.2, -0.15) is 7.11 Å². The van der Waals surface area contributed by atoms with Gasteiger partial charge in [0.05, 0.1) is 6.61 Å². The second kappa shape index (κ2) is 10.1. The summed E-state index contributed by atoms with van der Waals surface area (Å²) in [7, 11) is 0.750. The van der Waals surface area contributed by atoms with Crippen LogP contribution in [0.1, 0.15) is 5.56 Å². The molecule has 3 heteroatoms. The number of aliphatic hydroxyl groups excluding tert-OH is 1. The van der Waals surface area contributed by atoms with E-state index >= 15 is 0 Å². The van der Waals surface area contributed by atoms with E-state index in [2.05, 4.69) is 0 Å². The summed E-state index contributed by atoms with van der Waals surface area (Å²) in [5.41, 5.74) is 0.965. The molecule has 0 aromatic heterocycles. The molecular formula is C8H11NaO2. The Morgan fingerprint density at radius 3 is 1.91 bits per heavy atom. The van der Waals surface area contributed by atoms with E-state index in [1.807, 2.05) is 30.3 Å². The molecule has 0 fully saturated rings. The first-order valence-electron chi connectivity index (χ1n) is 2.99. The number of aliphatic hydroxyl groups is 1. The predicted molar refractivity (Wildman–Crippen MR) is 38.3 cm³/mol. The first-order valence-corrected chi connectivity index (χ1v) is 2.99. The third-order valence-electron chi connectivity index (χ3n) is 1.03. The first kappa shape index (κ1) is 13.7. The minimum atomic E-state index is 0. The molecule has 0 spiro atoms. The molecule has 0 saturated carbocycles. The summed E-state index contributed by atoms with van der Waals surface area (Å²) in [6.45, 7) is 0.140. The van der Waals surface area contributed by atoms with Gasteiger partial charge in [-0.15, -0.1) is 0 Å². The molecule has 0 radical (unpaired) electrons. The van der Waals surface area contributed by atoms with Gasteiger partial charge < -0.3 is 10.2 Å². The maximum Gasteiger partial charge on any atom is 1.00 e. The van der Waals surface area contributed by atoms with Crippen molar-refractivity contribution in [2.45, 2.75) is 6.61 Å². The van der Waals surface area contributed by atoms with Gasteiger partial charge in [-0.05, 0) is 5.56 Å². The number of hydrogen-bond acceptors (Lipinski definition) is 2. The minimum absolute atomic E-state index is 0. The van der Waals surface area contributed by atoms with Crippen molar-refractivity contribution in [3.05, 3.63) is 35.9 Å². The van der Waals surface area contributed by atoms with E-state index in [0.717, 1.165) is 12.7 Å². The van der Waals surface area contributed by atoms with E-state index in [1.165, 1.54) is 0 Å². The average molecular weight is 162 g/mol. The van der Waals surface area contributed by atoms with Gasteiger partial charge in [0.2, 0.25) is 0 Å². The van der Waals surface area contributed by atoms with E-state index in [-0.39, 0.29) is 36.2 Å². The number of rotatable bonds is 1. The normalized spacial score (nSPS) is 7.18. The van der Waals surface area contributed by atoms with Crippen LogP contribution in [0.5, 0.6) is 0 Å². The number of hydrogen-bond donors (Lipinski definition) is 1. The van der Waals surface area contributed by atoms with Gasteiger partial charge in [0.25, 0.3) is 0 Å². The first-order chi connectivity index (χ1) is 4.93. The summed E-state index contributed by atoms with van der Waals surface area (Å²) in [5.74, 6) is 0. The summed E-state index contributed by atoms with van der Waals surface area (Å²) in [6.07, 6.45) is 0. The summed E-state index contributed by atoms with van der Waals surface area (Å²) >= 11 is 0. The van der Waals surface area contributed by atoms with Crippen LogP contribution < -0.4 is 34.7 Å². The average Bonchev–Trinajstić information content (AvgIpc) is 2.10. The van der Waals surface area contributed by atoms with E-state index in [1.54, 1.807) is 0 Å². The van der Waals surface area contributed by atoms with Crippen LogP contribution in [-0.2, 0) is 6.61 Å². The van der Waals surface area contributed by atoms with Crippen molar-refractivity contribution in [1.82, 2.24) is 0 Å². The Morgan fingerprint density at radius 2 is 1.64 bits per heavy atom. The van der Waals surface area contributed by atoms with Gasteiger partial charge in [0.1, 0.15) is 0 Å². The van der Waals surface area contributed by atoms with Crippen LogP contribution in [0.15, 0.2) is 30.3 Å². The second-order valence-corrected chi connectivity index (χ2v) is 1.64. The van der Waals surface area contributed by atoms with Crippen molar-refractivity contribution in [3.8, 4) is 0 Å². The van der Waals surface area contributed by atoms with E-state index in [9.17, 15) is 0 Å². The fraction of sp³-hybridized carbons (Fsp3) is 0.250. The molecule has 0 saturated heterocycles. The maximum atomic E-state index is 8.54. The summed E-state index contributed by atoms with van der Waals surface area (Å²) in [6, 6.07) is 9.52. The number of benzene rings is 1. The van der Waals surface area contributed by atoms with Crippen LogP contribution >= 0.6 is 0 Å². The zero-order chi connectivity index (χ0) is 7.82. The molecule has 0 aliphatic rings. The van der Waals surface area contributed by atoms with Crippen molar-refractivity contribution in [2.24, 2.45) is 0 Å². The monoisotopic (exact) mass is 162 g/mol. The Labute approximate surface area is 89.2 Å². The SMILES string of the molecule is C[O-].OCc1ccccc1.[Na+]. The molecule has 0 bridgehead atoms. The topological polar surface area (TPSA) is 43.3 Å². The van der Waals surface area contributed by atoms with Crippen LogP contribution in [0.25, 0.3) is 0 Å². The van der Waals surface area contributed by atoms with Gasteiger partial charge in [-0.1, -0.05) is 30.3 Å². The third-order valence-corrected chi connectivity index (χ3v) is 1.03. The molecule has 0 heterocycles. The largest absolute Gasteiger partial charge is 1.00 e. The molecule has 2 nitrogen and oxygen atoms in total.